The second-order valence-corrected chi connectivity index (χ2v) is 12.6. The van der Waals surface area contributed by atoms with E-state index in [0.717, 1.165) is 53.9 Å². The normalized spacial score (nSPS) is 15.5. The van der Waals surface area contributed by atoms with Crippen LogP contribution in [0.15, 0.2) is 47.6 Å². The van der Waals surface area contributed by atoms with Crippen molar-refractivity contribution in [3.05, 3.63) is 81.9 Å². The van der Waals surface area contributed by atoms with Crippen LogP contribution >= 0.6 is 0 Å². The van der Waals surface area contributed by atoms with Gasteiger partial charge >= 0.3 is 18.5 Å². The molecule has 4 heterocycles. The van der Waals surface area contributed by atoms with Gasteiger partial charge in [-0.25, -0.2) is 8.42 Å². The summed E-state index contributed by atoms with van der Waals surface area (Å²) in [4.78, 5) is 20.6. The Hall–Kier alpha value is -3.93. The Morgan fingerprint density at radius 2 is 1.41 bits per heavy atom. The molecule has 5 rings (SSSR count). The number of nitrogens with one attached hydrogen (secondary N) is 1. The third-order valence-corrected chi connectivity index (χ3v) is 8.80. The molecule has 1 aromatic carbocycles. The molecule has 8 nitrogen and oxygen atoms in total. The molecule has 250 valence electrons. The van der Waals surface area contributed by atoms with Gasteiger partial charge in [-0.05, 0) is 59.5 Å². The van der Waals surface area contributed by atoms with Crippen LogP contribution in [0.4, 0.5) is 39.5 Å². The molecule has 0 fully saturated rings. The monoisotopic (exact) mass is 684 g/mol. The van der Waals surface area contributed by atoms with Gasteiger partial charge in [0.25, 0.3) is 5.91 Å². The zero-order chi connectivity index (χ0) is 34.2. The van der Waals surface area contributed by atoms with E-state index in [4.69, 9.17) is 4.74 Å². The molecule has 0 saturated carbocycles. The quantitative estimate of drug-likeness (QED) is 0.325. The van der Waals surface area contributed by atoms with Crippen molar-refractivity contribution in [2.24, 2.45) is 0 Å². The van der Waals surface area contributed by atoms with Crippen molar-refractivity contribution >= 4 is 15.7 Å². The van der Waals surface area contributed by atoms with Crippen molar-refractivity contribution in [1.29, 1.82) is 0 Å². The molecule has 2 aromatic heterocycles. The van der Waals surface area contributed by atoms with Gasteiger partial charge in [0.05, 0.1) is 16.2 Å². The number of alkyl halides is 9. The number of carbonyl (C=O) groups is 1. The Labute approximate surface area is 256 Å². The summed E-state index contributed by atoms with van der Waals surface area (Å²) in [6.07, 6.45) is -13.8. The molecule has 1 unspecified atom stereocenters. The first-order chi connectivity index (χ1) is 21.2. The molecule has 0 saturated heterocycles. The molecular formula is C28H25F9N4O4S. The number of benzene rings is 1. The van der Waals surface area contributed by atoms with Gasteiger partial charge < -0.3 is 15.0 Å². The number of aromatic nitrogens is 2. The maximum atomic E-state index is 13.1. The number of hydrogen-bond acceptors (Lipinski definition) is 7. The van der Waals surface area contributed by atoms with E-state index in [2.05, 4.69) is 15.3 Å². The summed E-state index contributed by atoms with van der Waals surface area (Å²) in [6.45, 7) is 2.77. The number of fused-ring (bicyclic) bond motifs is 2. The first-order valence-electron chi connectivity index (χ1n) is 13.4. The van der Waals surface area contributed by atoms with Crippen LogP contribution in [0.5, 0.6) is 5.75 Å². The minimum absolute atomic E-state index is 0.154. The fraction of sp³-hybridized carbons (Fsp3) is 0.393. The summed E-state index contributed by atoms with van der Waals surface area (Å²) in [7, 11) is -3.81. The van der Waals surface area contributed by atoms with Crippen molar-refractivity contribution in [3.8, 4) is 5.75 Å². The van der Waals surface area contributed by atoms with Gasteiger partial charge in [0, 0.05) is 38.6 Å². The van der Waals surface area contributed by atoms with E-state index in [1.165, 1.54) is 13.1 Å². The highest BCUT2D eigenvalue weighted by Gasteiger charge is 2.40. The highest BCUT2D eigenvalue weighted by atomic mass is 32.2. The maximum absolute atomic E-state index is 13.1. The van der Waals surface area contributed by atoms with Gasteiger partial charge in [-0.2, -0.15) is 39.5 Å². The summed E-state index contributed by atoms with van der Waals surface area (Å²) in [6, 6.07) is 4.82. The molecule has 0 radical (unpaired) electrons. The number of halogens is 9. The Morgan fingerprint density at radius 1 is 0.870 bits per heavy atom. The number of hydrogen-bond donors (Lipinski definition) is 1. The molecule has 2 aliphatic rings. The molecule has 18 heteroatoms. The van der Waals surface area contributed by atoms with Crippen molar-refractivity contribution in [3.63, 3.8) is 0 Å². The summed E-state index contributed by atoms with van der Waals surface area (Å²) in [5.74, 6) is -1.71. The maximum Gasteiger partial charge on any atom is 0.433 e. The molecular weight excluding hydrogens is 659 g/mol. The van der Waals surface area contributed by atoms with Crippen molar-refractivity contribution in [2.45, 2.75) is 69.6 Å². The number of ether oxygens (including phenoxy) is 1. The van der Waals surface area contributed by atoms with Crippen LogP contribution < -0.4 is 10.1 Å². The van der Waals surface area contributed by atoms with Crippen molar-refractivity contribution < 1.29 is 57.5 Å². The fourth-order valence-electron chi connectivity index (χ4n) is 4.48. The third kappa shape index (κ3) is 7.89. The van der Waals surface area contributed by atoms with Gasteiger partial charge in [0.1, 0.15) is 17.1 Å². The third-order valence-electron chi connectivity index (χ3n) is 7.07. The Bertz CT molecular complexity index is 1730. The predicted molar refractivity (Wildman–Crippen MR) is 143 cm³/mol. The van der Waals surface area contributed by atoms with Crippen LogP contribution in [0.3, 0.4) is 0 Å². The fourth-order valence-corrected chi connectivity index (χ4v) is 5.39. The lowest BCUT2D eigenvalue weighted by atomic mass is 10.1. The van der Waals surface area contributed by atoms with Crippen LogP contribution in [-0.4, -0.2) is 47.2 Å². The minimum Gasteiger partial charge on any atom is -0.480 e. The molecule has 1 atom stereocenters. The second-order valence-electron chi connectivity index (χ2n) is 10.3. The molecule has 3 aromatic rings. The molecule has 0 spiro atoms. The van der Waals surface area contributed by atoms with Gasteiger partial charge in [-0.1, -0.05) is 6.92 Å². The van der Waals surface area contributed by atoms with Crippen LogP contribution in [0.25, 0.3) is 0 Å². The van der Waals surface area contributed by atoms with Gasteiger partial charge in [0.2, 0.25) is 0 Å². The van der Waals surface area contributed by atoms with Crippen LogP contribution in [0, 0.1) is 0 Å². The van der Waals surface area contributed by atoms with E-state index in [1.807, 2.05) is 0 Å². The number of rotatable bonds is 5. The van der Waals surface area contributed by atoms with Crippen LogP contribution in [-0.2, 0) is 48.4 Å². The predicted octanol–water partition coefficient (Wildman–Crippen LogP) is 6.08. The average Bonchev–Trinajstić information content (AvgIpc) is 3.62. The van der Waals surface area contributed by atoms with Crippen molar-refractivity contribution in [2.75, 3.05) is 5.75 Å². The lowest BCUT2D eigenvalue weighted by Gasteiger charge is -2.22. The van der Waals surface area contributed by atoms with E-state index < -0.39 is 63.1 Å². The smallest absolute Gasteiger partial charge is 0.433 e. The van der Waals surface area contributed by atoms with Crippen LogP contribution in [0.2, 0.25) is 0 Å². The molecule has 0 bridgehead atoms. The highest BCUT2D eigenvalue weighted by Crippen LogP contribution is 2.35. The lowest BCUT2D eigenvalue weighted by Crippen LogP contribution is -2.32. The first kappa shape index (κ1) is 34.9. The van der Waals surface area contributed by atoms with E-state index in [-0.39, 0.29) is 29.3 Å². The minimum atomic E-state index is -4.75. The highest BCUT2D eigenvalue weighted by molar-refractivity contribution is 7.91. The lowest BCUT2D eigenvalue weighted by molar-refractivity contribution is -0.189. The number of nitrogens with zero attached hydrogens (tertiary/aromatic N) is 3. The summed E-state index contributed by atoms with van der Waals surface area (Å²) < 4.78 is 144. The Kier molecular flexibility index (Phi) is 9.64. The standard InChI is InChI=1S/C20H18F6N2O4S.C8H7F3N2/c1-3-33(30,31)14-4-5-16(32-11(2)19(21,22)23)15(7-14)18(29)28-9-12-6-17(20(24,25)26)27-8-13(12)10-28;9-8(10,11)7-1-5-2-12-3-6(5)4-13-7/h4-8,11H,3,9-10H2,1-2H3;1,4,12H,2-3H2. The average molecular weight is 685 g/mol. The summed E-state index contributed by atoms with van der Waals surface area (Å²) in [5, 5.41) is 2.96. The SMILES string of the molecule is CCS(=O)(=O)c1ccc(OC(C)C(F)(F)F)c(C(=O)N2Cc3cnc(C(F)(F)F)cc3C2)c1.FC(F)(F)c1cc2c(cn1)CNC2. The van der Waals surface area contributed by atoms with E-state index in [9.17, 15) is 52.7 Å². The van der Waals surface area contributed by atoms with Gasteiger partial charge in [0.15, 0.2) is 15.9 Å². The van der Waals surface area contributed by atoms with Crippen molar-refractivity contribution in [1.82, 2.24) is 20.2 Å². The first-order valence-corrected chi connectivity index (χ1v) is 15.1. The number of amides is 1. The van der Waals surface area contributed by atoms with Crippen LogP contribution in [0.1, 0.15) is 57.8 Å². The van der Waals surface area contributed by atoms with E-state index in [0.29, 0.717) is 24.2 Å². The number of pyridine rings is 2. The topological polar surface area (TPSA) is 101 Å². The van der Waals surface area contributed by atoms with Gasteiger partial charge in [-0.3, -0.25) is 14.8 Å². The Morgan fingerprint density at radius 3 is 1.98 bits per heavy atom. The summed E-state index contributed by atoms with van der Waals surface area (Å²) in [5.41, 5.74) is -0.341. The second kappa shape index (κ2) is 12.7. The molecule has 46 heavy (non-hydrogen) atoms. The van der Waals surface area contributed by atoms with Gasteiger partial charge in [-0.15, -0.1) is 0 Å². The molecule has 0 aliphatic carbocycles. The summed E-state index contributed by atoms with van der Waals surface area (Å²) >= 11 is 0. The number of carbonyl (C=O) groups excluding carboxylic acids is 1. The molecule has 1 amide bonds. The molecule has 1 N–H and O–H groups in total. The zero-order valence-corrected chi connectivity index (χ0v) is 24.8. The van der Waals surface area contributed by atoms with E-state index in [1.54, 1.807) is 0 Å². The number of sulfone groups is 1. The molecule has 2 aliphatic heterocycles. The zero-order valence-electron chi connectivity index (χ0n) is 23.9. The largest absolute Gasteiger partial charge is 0.480 e. The Balaban J connectivity index is 0.000000305. The van der Waals surface area contributed by atoms with E-state index >= 15 is 0 Å².